The molecule has 1 aromatic heterocycles. The lowest BCUT2D eigenvalue weighted by atomic mass is 10.1. The number of H-pyrrole nitrogens is 1. The number of fused-ring (bicyclic) bond motifs is 1. The van der Waals surface area contributed by atoms with Gasteiger partial charge in [0.15, 0.2) is 0 Å². The maximum atomic E-state index is 12.7. The molecular formula is C15H19N3O2. The highest BCUT2D eigenvalue weighted by Crippen LogP contribution is 2.30. The number of methoxy groups -OCH3 is 1. The van der Waals surface area contributed by atoms with Gasteiger partial charge in [0, 0.05) is 42.5 Å². The van der Waals surface area contributed by atoms with Gasteiger partial charge in [-0.25, -0.2) is 0 Å². The van der Waals surface area contributed by atoms with Gasteiger partial charge in [-0.15, -0.1) is 0 Å². The summed E-state index contributed by atoms with van der Waals surface area (Å²) < 4.78 is 5.10. The lowest BCUT2D eigenvalue weighted by molar-refractivity contribution is 0.0682. The summed E-state index contributed by atoms with van der Waals surface area (Å²) in [5.74, 6) is 0.0700. The number of amides is 1. The van der Waals surface area contributed by atoms with Gasteiger partial charge in [-0.3, -0.25) is 4.79 Å². The summed E-state index contributed by atoms with van der Waals surface area (Å²) in [7, 11) is 1.66. The minimum Gasteiger partial charge on any atom is -0.399 e. The van der Waals surface area contributed by atoms with E-state index in [9.17, 15) is 4.79 Å². The summed E-state index contributed by atoms with van der Waals surface area (Å²) >= 11 is 0. The third kappa shape index (κ3) is 2.36. The van der Waals surface area contributed by atoms with Crippen LogP contribution in [-0.4, -0.2) is 42.1 Å². The first-order chi connectivity index (χ1) is 9.70. The lowest BCUT2D eigenvalue weighted by Gasteiger charge is -2.21. The van der Waals surface area contributed by atoms with Crippen molar-refractivity contribution in [3.05, 3.63) is 30.0 Å². The topological polar surface area (TPSA) is 71.3 Å². The number of ether oxygens (including phenoxy) is 1. The van der Waals surface area contributed by atoms with Crippen LogP contribution in [-0.2, 0) is 4.74 Å². The number of carbonyl (C=O) groups excluding carboxylic acids is 1. The molecule has 0 bridgehead atoms. The molecule has 1 fully saturated rings. The van der Waals surface area contributed by atoms with E-state index in [1.807, 2.05) is 23.1 Å². The van der Waals surface area contributed by atoms with E-state index in [1.165, 1.54) is 0 Å². The fourth-order valence-electron chi connectivity index (χ4n) is 2.50. The van der Waals surface area contributed by atoms with Gasteiger partial charge < -0.3 is 20.4 Å². The predicted molar refractivity (Wildman–Crippen MR) is 78.6 cm³/mol. The minimum atomic E-state index is 0.0700. The molecule has 1 heterocycles. The maximum Gasteiger partial charge on any atom is 0.256 e. The van der Waals surface area contributed by atoms with Gasteiger partial charge in [-0.05, 0) is 31.0 Å². The minimum absolute atomic E-state index is 0.0700. The molecule has 1 aromatic carbocycles. The number of benzene rings is 1. The van der Waals surface area contributed by atoms with Gasteiger partial charge in [0.05, 0.1) is 12.2 Å². The smallest absolute Gasteiger partial charge is 0.256 e. The number of hydrogen-bond donors (Lipinski definition) is 2. The normalized spacial score (nSPS) is 14.7. The Balaban J connectivity index is 1.90. The predicted octanol–water partition coefficient (Wildman–Crippen LogP) is 2.00. The van der Waals surface area contributed by atoms with Crippen LogP contribution in [0.4, 0.5) is 5.69 Å². The summed E-state index contributed by atoms with van der Waals surface area (Å²) in [5, 5.41) is 0.923. The molecular weight excluding hydrogens is 254 g/mol. The number of nitrogens with two attached hydrogens (primary N) is 1. The second-order valence-electron chi connectivity index (χ2n) is 5.23. The molecule has 0 radical (unpaired) electrons. The monoisotopic (exact) mass is 273 g/mol. The zero-order chi connectivity index (χ0) is 14.1. The summed E-state index contributed by atoms with van der Waals surface area (Å²) in [6, 6.07) is 5.94. The highest BCUT2D eigenvalue weighted by atomic mass is 16.5. The van der Waals surface area contributed by atoms with Crippen molar-refractivity contribution in [2.45, 2.75) is 18.9 Å². The fourth-order valence-corrected chi connectivity index (χ4v) is 2.50. The molecule has 0 unspecified atom stereocenters. The van der Waals surface area contributed by atoms with Gasteiger partial charge in [0.25, 0.3) is 5.91 Å². The number of hydrogen-bond acceptors (Lipinski definition) is 3. The van der Waals surface area contributed by atoms with Crippen LogP contribution in [0, 0.1) is 0 Å². The molecule has 3 N–H and O–H groups in total. The molecule has 2 aromatic rings. The van der Waals surface area contributed by atoms with E-state index in [1.54, 1.807) is 13.3 Å². The van der Waals surface area contributed by atoms with Crippen LogP contribution >= 0.6 is 0 Å². The Morgan fingerprint density at radius 3 is 3.00 bits per heavy atom. The van der Waals surface area contributed by atoms with E-state index in [2.05, 4.69) is 4.98 Å². The van der Waals surface area contributed by atoms with Crippen LogP contribution in [0.3, 0.4) is 0 Å². The van der Waals surface area contributed by atoms with Gasteiger partial charge in [0.1, 0.15) is 0 Å². The molecule has 1 saturated carbocycles. The average molecular weight is 273 g/mol. The van der Waals surface area contributed by atoms with Crippen molar-refractivity contribution in [3.63, 3.8) is 0 Å². The highest BCUT2D eigenvalue weighted by molar-refractivity contribution is 6.07. The molecule has 0 aliphatic heterocycles. The molecule has 0 saturated heterocycles. The Hall–Kier alpha value is -2.01. The molecule has 0 spiro atoms. The van der Waals surface area contributed by atoms with Crippen LogP contribution in [0.1, 0.15) is 23.2 Å². The van der Waals surface area contributed by atoms with Crippen molar-refractivity contribution in [2.24, 2.45) is 0 Å². The van der Waals surface area contributed by atoms with Crippen LogP contribution in [0.25, 0.3) is 10.9 Å². The van der Waals surface area contributed by atoms with Crippen LogP contribution in [0.2, 0.25) is 0 Å². The molecule has 5 nitrogen and oxygen atoms in total. The van der Waals surface area contributed by atoms with E-state index < -0.39 is 0 Å². The maximum absolute atomic E-state index is 12.7. The molecule has 3 rings (SSSR count). The Morgan fingerprint density at radius 2 is 2.30 bits per heavy atom. The zero-order valence-electron chi connectivity index (χ0n) is 11.6. The molecule has 20 heavy (non-hydrogen) atoms. The van der Waals surface area contributed by atoms with Crippen molar-refractivity contribution in [1.29, 1.82) is 0 Å². The number of aromatic nitrogens is 1. The number of nitrogens with one attached hydrogen (secondary N) is 1. The first-order valence-electron chi connectivity index (χ1n) is 6.87. The van der Waals surface area contributed by atoms with E-state index in [-0.39, 0.29) is 5.91 Å². The molecule has 0 atom stereocenters. The first kappa shape index (κ1) is 13.0. The number of nitrogens with zero attached hydrogens (tertiary/aromatic N) is 1. The van der Waals surface area contributed by atoms with Gasteiger partial charge in [-0.2, -0.15) is 0 Å². The number of rotatable bonds is 5. The Labute approximate surface area is 117 Å². The first-order valence-corrected chi connectivity index (χ1v) is 6.87. The van der Waals surface area contributed by atoms with E-state index in [4.69, 9.17) is 10.5 Å². The molecule has 1 aliphatic carbocycles. The highest BCUT2D eigenvalue weighted by Gasteiger charge is 2.33. The average Bonchev–Trinajstić information content (AvgIpc) is 3.18. The van der Waals surface area contributed by atoms with Crippen molar-refractivity contribution in [1.82, 2.24) is 9.88 Å². The van der Waals surface area contributed by atoms with Gasteiger partial charge >= 0.3 is 0 Å². The third-order valence-corrected chi connectivity index (χ3v) is 3.72. The quantitative estimate of drug-likeness (QED) is 0.818. The van der Waals surface area contributed by atoms with Crippen molar-refractivity contribution < 1.29 is 9.53 Å². The number of nitrogen functional groups attached to an aromatic ring is 1. The van der Waals surface area contributed by atoms with Crippen molar-refractivity contribution >= 4 is 22.5 Å². The standard InChI is InChI=1S/C15H19N3O2/c1-20-7-6-18(11-3-4-11)15(19)13-9-17-14-8-10(16)2-5-12(13)14/h2,5,8-9,11,17H,3-4,6-7,16H2,1H3. The summed E-state index contributed by atoms with van der Waals surface area (Å²) in [6.45, 7) is 1.21. The van der Waals surface area contributed by atoms with Crippen molar-refractivity contribution in [2.75, 3.05) is 26.0 Å². The second-order valence-corrected chi connectivity index (χ2v) is 5.23. The summed E-state index contributed by atoms with van der Waals surface area (Å²) in [4.78, 5) is 17.8. The van der Waals surface area contributed by atoms with E-state index in [0.29, 0.717) is 30.4 Å². The third-order valence-electron chi connectivity index (χ3n) is 3.72. The summed E-state index contributed by atoms with van der Waals surface area (Å²) in [6.07, 6.45) is 3.95. The SMILES string of the molecule is COCCN(C(=O)c1c[nH]c2cc(N)ccc12)C1CC1. The fraction of sp³-hybridized carbons (Fsp3) is 0.400. The van der Waals surface area contributed by atoms with Crippen molar-refractivity contribution in [3.8, 4) is 0 Å². The van der Waals surface area contributed by atoms with Gasteiger partial charge in [0.2, 0.25) is 0 Å². The molecule has 1 aliphatic rings. The van der Waals surface area contributed by atoms with Gasteiger partial charge in [-0.1, -0.05) is 0 Å². The van der Waals surface area contributed by atoms with E-state index >= 15 is 0 Å². The Bertz CT molecular complexity index is 631. The van der Waals surface area contributed by atoms with Crippen LogP contribution in [0.5, 0.6) is 0 Å². The molecule has 1 amide bonds. The largest absolute Gasteiger partial charge is 0.399 e. The Morgan fingerprint density at radius 1 is 1.50 bits per heavy atom. The molecule has 5 heteroatoms. The summed E-state index contributed by atoms with van der Waals surface area (Å²) in [5.41, 5.74) is 8.06. The second kappa shape index (κ2) is 5.17. The number of aromatic amines is 1. The van der Waals surface area contributed by atoms with Crippen LogP contribution in [0.15, 0.2) is 24.4 Å². The molecule has 106 valence electrons. The number of carbonyl (C=O) groups is 1. The van der Waals surface area contributed by atoms with E-state index in [0.717, 1.165) is 23.7 Å². The van der Waals surface area contributed by atoms with Crippen LogP contribution < -0.4 is 5.73 Å². The Kier molecular flexibility index (Phi) is 3.36. The number of anilines is 1. The zero-order valence-corrected chi connectivity index (χ0v) is 11.6. The lowest BCUT2D eigenvalue weighted by Crippen LogP contribution is -2.35.